The Labute approximate surface area is 301 Å². The van der Waals surface area contributed by atoms with Gasteiger partial charge in [-0.05, 0) is 51.7 Å². The van der Waals surface area contributed by atoms with Crippen molar-refractivity contribution in [2.24, 2.45) is 40.7 Å². The molecule has 5 N–H and O–H groups in total. The number of cyclic esters (lactones) is 1. The molecule has 1 heterocycles. The maximum Gasteiger partial charge on any atom is 0.373 e. The molecule has 0 spiro atoms. The topological polar surface area (TPSA) is 158 Å². The van der Waals surface area contributed by atoms with Crippen LogP contribution >= 0.6 is 0 Å². The number of aliphatic hydroxyl groups is 4. The van der Waals surface area contributed by atoms with Gasteiger partial charge in [-0.15, -0.1) is 0 Å². The van der Waals surface area contributed by atoms with Crippen molar-refractivity contribution in [1.82, 2.24) is 0 Å². The maximum atomic E-state index is 13.6. The summed E-state index contributed by atoms with van der Waals surface area (Å²) in [6.07, 6.45) is 11.4. The first kappa shape index (κ1) is 47.0. The van der Waals surface area contributed by atoms with Gasteiger partial charge < -0.3 is 39.8 Å². The summed E-state index contributed by atoms with van der Waals surface area (Å²) >= 11 is 0. The van der Waals surface area contributed by atoms with Gasteiger partial charge in [-0.1, -0.05) is 108 Å². The molecule has 0 bridgehead atoms. The maximum absolute atomic E-state index is 13.6. The summed E-state index contributed by atoms with van der Waals surface area (Å²) in [5.41, 5.74) is 1.84. The minimum atomic E-state index is -1.15. The minimum absolute atomic E-state index is 0. The Balaban J connectivity index is 0.0000240. The zero-order valence-electron chi connectivity index (χ0n) is 31.4. The lowest BCUT2D eigenvalue weighted by molar-refractivity contribution is -0.161. The van der Waals surface area contributed by atoms with E-state index in [1.54, 1.807) is 57.2 Å². The molecule has 0 aromatic heterocycles. The lowest BCUT2D eigenvalue weighted by Gasteiger charge is -2.34. The third kappa shape index (κ3) is 13.9. The number of allylic oxidation sites excluding steroid dienone is 7. The number of hydrogen-bond acceptors (Lipinski definition) is 10. The molecule has 1 aliphatic rings. The van der Waals surface area contributed by atoms with Gasteiger partial charge in [-0.25, -0.2) is 4.79 Å². The fraction of sp³-hybridized carbons (Fsp3) is 0.650. The van der Waals surface area contributed by atoms with E-state index < -0.39 is 54.4 Å². The fourth-order valence-corrected chi connectivity index (χ4v) is 6.31. The zero-order chi connectivity index (χ0) is 37.4. The Morgan fingerprint density at radius 1 is 1.10 bits per heavy atom. The van der Waals surface area contributed by atoms with Crippen LogP contribution in [0, 0.1) is 35.5 Å². The highest BCUT2D eigenvalue weighted by atomic mass is 16.6. The van der Waals surface area contributed by atoms with Gasteiger partial charge in [0.2, 0.25) is 5.76 Å². The van der Waals surface area contributed by atoms with Crippen molar-refractivity contribution in [2.75, 3.05) is 14.2 Å². The standard InChI is InChI=1S/C39H63NO9.CH4/c1-12-15-32(41)25(5)18-19-31(40-46)28(8)37(44)29(9)38-33(47-10)17-14-16-23(3)20-26(6)35(42)30(13-2)36(43)27(7)21-24(4)22-34(48-11)39(45)49-38;/h12,14-19,21-22,25-30,32-33,35-38,41-44,46H,13,20H2,1-11H3;1H4/b15-12+,17-14+,19-18+,23-16+,24-21+,34-22-,40-31+;. The number of carbonyl (C=O) groups is 1. The molecule has 286 valence electrons. The highest BCUT2D eigenvalue weighted by Gasteiger charge is 2.38. The molecule has 0 fully saturated rings. The smallest absolute Gasteiger partial charge is 0.373 e. The van der Waals surface area contributed by atoms with Crippen LogP contribution in [0.3, 0.4) is 0 Å². The van der Waals surface area contributed by atoms with Crippen LogP contribution in [0.5, 0.6) is 0 Å². The first-order valence-corrected chi connectivity index (χ1v) is 17.3. The van der Waals surface area contributed by atoms with Crippen LogP contribution in [0.15, 0.2) is 76.7 Å². The predicted octanol–water partition coefficient (Wildman–Crippen LogP) is 6.54. The second-order valence-electron chi connectivity index (χ2n) is 13.6. The van der Waals surface area contributed by atoms with Crippen molar-refractivity contribution in [3.05, 3.63) is 71.6 Å². The highest BCUT2D eigenvalue weighted by molar-refractivity contribution is 5.96. The zero-order valence-corrected chi connectivity index (χ0v) is 31.4. The van der Waals surface area contributed by atoms with Crippen molar-refractivity contribution in [3.8, 4) is 0 Å². The van der Waals surface area contributed by atoms with Gasteiger partial charge >= 0.3 is 5.97 Å². The Morgan fingerprint density at radius 3 is 2.28 bits per heavy atom. The van der Waals surface area contributed by atoms with Crippen molar-refractivity contribution in [1.29, 1.82) is 0 Å². The molecule has 0 saturated carbocycles. The Bertz CT molecular complexity index is 1230. The molecule has 1 aliphatic heterocycles. The molecule has 0 saturated heterocycles. The normalized spacial score (nSPS) is 33.5. The summed E-state index contributed by atoms with van der Waals surface area (Å²) in [5.74, 6) is -3.36. The first-order valence-electron chi connectivity index (χ1n) is 17.3. The number of rotatable bonds is 11. The largest absolute Gasteiger partial charge is 0.490 e. The third-order valence-electron chi connectivity index (χ3n) is 9.59. The number of nitrogens with zero attached hydrogens (tertiary/aromatic N) is 1. The number of oxime groups is 1. The Kier molecular flexibility index (Phi) is 22.0. The molecule has 10 heteroatoms. The average molecular weight is 706 g/mol. The van der Waals surface area contributed by atoms with Crippen LogP contribution in [0.1, 0.15) is 82.6 Å². The van der Waals surface area contributed by atoms with Crippen LogP contribution in [-0.4, -0.2) is 88.2 Å². The molecule has 0 radical (unpaired) electrons. The van der Waals surface area contributed by atoms with E-state index in [1.807, 2.05) is 53.7 Å². The SMILES string of the molecule is C.C/C=C/C(O)C(C)/C=C/C(=N\O)C(C)C(O)C(C)C1OC(=O)/C(OC)=C/C(C)=C/C(C)C(O)C(CC)C(O)C(C)C/C(C)=C/C=C/C1OC. The van der Waals surface area contributed by atoms with Crippen LogP contribution in [0.25, 0.3) is 0 Å². The van der Waals surface area contributed by atoms with Gasteiger partial charge in [0, 0.05) is 36.7 Å². The van der Waals surface area contributed by atoms with Crippen LogP contribution in [-0.2, 0) is 19.0 Å². The highest BCUT2D eigenvalue weighted by Crippen LogP contribution is 2.30. The molecule has 0 aromatic carbocycles. The molecule has 10 nitrogen and oxygen atoms in total. The quantitative estimate of drug-likeness (QED) is 0.0529. The Morgan fingerprint density at radius 2 is 1.74 bits per heavy atom. The Hall–Kier alpha value is -3.02. The van der Waals surface area contributed by atoms with Gasteiger partial charge in [-0.2, -0.15) is 0 Å². The summed E-state index contributed by atoms with van der Waals surface area (Å²) in [6.45, 7) is 16.6. The number of carbonyl (C=O) groups excluding carboxylic acids is 1. The lowest BCUT2D eigenvalue weighted by Crippen LogP contribution is -2.45. The first-order chi connectivity index (χ1) is 23.1. The van der Waals surface area contributed by atoms with Gasteiger partial charge in [0.15, 0.2) is 0 Å². The number of ether oxygens (including phenoxy) is 3. The van der Waals surface area contributed by atoms with E-state index >= 15 is 0 Å². The van der Waals surface area contributed by atoms with Crippen molar-refractivity contribution in [3.63, 3.8) is 0 Å². The third-order valence-corrected chi connectivity index (χ3v) is 9.59. The number of methoxy groups -OCH3 is 2. The molecule has 0 aromatic rings. The summed E-state index contributed by atoms with van der Waals surface area (Å²) in [6, 6.07) is 0. The molecule has 12 atom stereocenters. The van der Waals surface area contributed by atoms with E-state index in [-0.39, 0.29) is 42.6 Å². The van der Waals surface area contributed by atoms with Gasteiger partial charge in [0.25, 0.3) is 0 Å². The molecule has 0 amide bonds. The van der Waals surface area contributed by atoms with Crippen molar-refractivity contribution in [2.45, 2.75) is 119 Å². The summed E-state index contributed by atoms with van der Waals surface area (Å²) in [4.78, 5) is 13.6. The number of aliphatic hydroxyl groups excluding tert-OH is 4. The van der Waals surface area contributed by atoms with Crippen LogP contribution < -0.4 is 0 Å². The minimum Gasteiger partial charge on any atom is -0.490 e. The number of esters is 1. The van der Waals surface area contributed by atoms with E-state index in [4.69, 9.17) is 14.2 Å². The monoisotopic (exact) mass is 705 g/mol. The van der Waals surface area contributed by atoms with Gasteiger partial charge in [-0.3, -0.25) is 0 Å². The van der Waals surface area contributed by atoms with Gasteiger partial charge in [0.1, 0.15) is 12.2 Å². The van der Waals surface area contributed by atoms with Crippen LogP contribution in [0.2, 0.25) is 0 Å². The predicted molar refractivity (Wildman–Crippen MR) is 201 cm³/mol. The average Bonchev–Trinajstić information content (AvgIpc) is 3.07. The molecule has 12 unspecified atom stereocenters. The second-order valence-corrected chi connectivity index (χ2v) is 13.6. The molecule has 50 heavy (non-hydrogen) atoms. The second kappa shape index (κ2) is 23.5. The van der Waals surface area contributed by atoms with E-state index in [1.165, 1.54) is 20.3 Å². The van der Waals surface area contributed by atoms with Crippen molar-refractivity contribution < 1.29 is 44.6 Å². The van der Waals surface area contributed by atoms with E-state index in [9.17, 15) is 30.4 Å². The summed E-state index contributed by atoms with van der Waals surface area (Å²) < 4.78 is 17.3. The summed E-state index contributed by atoms with van der Waals surface area (Å²) in [7, 11) is 2.84. The van der Waals surface area contributed by atoms with Crippen LogP contribution in [0.4, 0.5) is 0 Å². The van der Waals surface area contributed by atoms with E-state index in [0.717, 1.165) is 5.57 Å². The van der Waals surface area contributed by atoms with Crippen molar-refractivity contribution >= 4 is 11.7 Å². The molecule has 1 rings (SSSR count). The van der Waals surface area contributed by atoms with E-state index in [2.05, 4.69) is 5.16 Å². The fourth-order valence-electron chi connectivity index (χ4n) is 6.31. The molecular weight excluding hydrogens is 638 g/mol. The summed E-state index contributed by atoms with van der Waals surface area (Å²) in [5, 5.41) is 57.6. The lowest BCUT2D eigenvalue weighted by atomic mass is 9.79. The van der Waals surface area contributed by atoms with E-state index in [0.29, 0.717) is 18.4 Å². The molecule has 0 aliphatic carbocycles. The molecular formula is C40H67NO9. The van der Waals surface area contributed by atoms with Gasteiger partial charge in [0.05, 0.1) is 37.2 Å². The number of hydrogen-bond donors (Lipinski definition) is 5.